The maximum atomic E-state index is 12.3. The molecule has 1 amide bonds. The van der Waals surface area contributed by atoms with Crippen LogP contribution < -0.4 is 5.32 Å². The Labute approximate surface area is 137 Å². The number of carboxylic acids is 1. The average molecular weight is 338 g/mol. The predicted octanol–water partition coefficient (Wildman–Crippen LogP) is 4.78. The van der Waals surface area contributed by atoms with Crippen molar-refractivity contribution in [2.24, 2.45) is 0 Å². The monoisotopic (exact) mass is 337 g/mol. The van der Waals surface area contributed by atoms with Crippen LogP contribution in [0.4, 0.5) is 5.69 Å². The summed E-state index contributed by atoms with van der Waals surface area (Å²) in [5.41, 5.74) is 2.01. The molecule has 1 aromatic heterocycles. The van der Waals surface area contributed by atoms with Gasteiger partial charge < -0.3 is 10.4 Å². The molecule has 2 rings (SSSR count). The molecule has 1 heterocycles. The molecule has 0 unspecified atom stereocenters. The third-order valence-electron chi connectivity index (χ3n) is 3.28. The molecular weight excluding hydrogens is 322 g/mol. The summed E-state index contributed by atoms with van der Waals surface area (Å²) < 4.78 is 0. The van der Waals surface area contributed by atoms with E-state index in [1.165, 1.54) is 17.4 Å². The fraction of sp³-hybridized carbons (Fsp3) is 0.250. The minimum atomic E-state index is -1.12. The highest BCUT2D eigenvalue weighted by Crippen LogP contribution is 2.31. The second kappa shape index (κ2) is 6.50. The van der Waals surface area contributed by atoms with E-state index in [9.17, 15) is 14.7 Å². The largest absolute Gasteiger partial charge is 0.478 e. The van der Waals surface area contributed by atoms with Crippen LogP contribution in [0.5, 0.6) is 0 Å². The van der Waals surface area contributed by atoms with Crippen LogP contribution in [-0.4, -0.2) is 17.0 Å². The predicted molar refractivity (Wildman–Crippen MR) is 89.5 cm³/mol. The maximum Gasteiger partial charge on any atom is 0.337 e. The molecule has 0 bridgehead atoms. The molecule has 0 saturated heterocycles. The molecule has 2 N–H and O–H groups in total. The number of rotatable bonds is 4. The molecule has 1 aromatic carbocycles. The van der Waals surface area contributed by atoms with Crippen LogP contribution >= 0.6 is 22.9 Å². The second-order valence-corrected chi connectivity index (χ2v) is 6.57. The van der Waals surface area contributed by atoms with Gasteiger partial charge >= 0.3 is 5.97 Å². The zero-order valence-corrected chi connectivity index (χ0v) is 14.0. The van der Waals surface area contributed by atoms with Gasteiger partial charge in [-0.15, -0.1) is 11.3 Å². The summed E-state index contributed by atoms with van der Waals surface area (Å²) in [6.07, 6.45) is 0. The van der Waals surface area contributed by atoms with Crippen LogP contribution in [0, 0.1) is 6.92 Å². The molecule has 6 heteroatoms. The molecule has 0 radical (unpaired) electrons. The lowest BCUT2D eigenvalue weighted by molar-refractivity contribution is 0.0696. The van der Waals surface area contributed by atoms with Gasteiger partial charge in [-0.3, -0.25) is 4.79 Å². The topological polar surface area (TPSA) is 66.4 Å². The number of carbonyl (C=O) groups is 2. The zero-order valence-electron chi connectivity index (χ0n) is 12.4. The van der Waals surface area contributed by atoms with E-state index < -0.39 is 5.97 Å². The molecule has 0 aliphatic carbocycles. The van der Waals surface area contributed by atoms with Gasteiger partial charge in [0.25, 0.3) is 5.91 Å². The number of carboxylic acid groups (broad SMARTS) is 1. The van der Waals surface area contributed by atoms with E-state index in [2.05, 4.69) is 5.32 Å². The molecule has 0 fully saturated rings. The average Bonchev–Trinajstić information content (AvgIpc) is 2.86. The maximum absolute atomic E-state index is 12.3. The van der Waals surface area contributed by atoms with E-state index in [1.807, 2.05) is 32.2 Å². The number of amides is 1. The summed E-state index contributed by atoms with van der Waals surface area (Å²) >= 11 is 7.49. The van der Waals surface area contributed by atoms with Gasteiger partial charge in [0.15, 0.2) is 0 Å². The number of anilines is 1. The highest BCUT2D eigenvalue weighted by Gasteiger charge is 2.18. The van der Waals surface area contributed by atoms with Gasteiger partial charge in [-0.25, -0.2) is 4.79 Å². The summed E-state index contributed by atoms with van der Waals surface area (Å²) in [5, 5.41) is 14.1. The molecule has 2 aromatic rings. The van der Waals surface area contributed by atoms with Gasteiger partial charge in [-0.1, -0.05) is 25.4 Å². The van der Waals surface area contributed by atoms with Crippen LogP contribution in [0.1, 0.15) is 50.9 Å². The van der Waals surface area contributed by atoms with Crippen LogP contribution in [0.3, 0.4) is 0 Å². The second-order valence-electron chi connectivity index (χ2n) is 5.27. The number of hydrogen-bond acceptors (Lipinski definition) is 3. The van der Waals surface area contributed by atoms with Crippen molar-refractivity contribution in [2.75, 3.05) is 5.32 Å². The van der Waals surface area contributed by atoms with Crippen LogP contribution in [0.2, 0.25) is 5.02 Å². The lowest BCUT2D eigenvalue weighted by Gasteiger charge is -2.14. The summed E-state index contributed by atoms with van der Waals surface area (Å²) in [7, 11) is 0. The first-order valence-corrected chi connectivity index (χ1v) is 7.99. The first-order valence-electron chi connectivity index (χ1n) is 6.73. The van der Waals surface area contributed by atoms with Gasteiger partial charge in [0.1, 0.15) is 0 Å². The van der Waals surface area contributed by atoms with Crippen molar-refractivity contribution in [3.8, 4) is 0 Å². The van der Waals surface area contributed by atoms with Gasteiger partial charge in [-0.05, 0) is 47.5 Å². The number of aromatic carboxylic acids is 1. The van der Waals surface area contributed by atoms with Crippen molar-refractivity contribution in [1.29, 1.82) is 0 Å². The molecule has 0 spiro atoms. The quantitative estimate of drug-likeness (QED) is 0.843. The Balaban J connectivity index is 2.41. The van der Waals surface area contributed by atoms with E-state index in [-0.39, 0.29) is 22.4 Å². The van der Waals surface area contributed by atoms with Crippen molar-refractivity contribution in [3.05, 3.63) is 50.2 Å². The Bertz CT molecular complexity index is 737. The number of hydrogen-bond donors (Lipinski definition) is 2. The van der Waals surface area contributed by atoms with E-state index >= 15 is 0 Å². The van der Waals surface area contributed by atoms with Gasteiger partial charge in [0.05, 0.1) is 15.5 Å². The molecule has 22 heavy (non-hydrogen) atoms. The van der Waals surface area contributed by atoms with E-state index in [4.69, 9.17) is 11.6 Å². The third kappa shape index (κ3) is 3.31. The summed E-state index contributed by atoms with van der Waals surface area (Å²) in [6, 6.07) is 4.97. The van der Waals surface area contributed by atoms with Crippen LogP contribution in [-0.2, 0) is 0 Å². The van der Waals surface area contributed by atoms with Crippen molar-refractivity contribution in [1.82, 2.24) is 0 Å². The molecule has 0 atom stereocenters. The molecular formula is C16H16ClNO3S. The van der Waals surface area contributed by atoms with E-state index in [0.717, 1.165) is 5.56 Å². The fourth-order valence-electron chi connectivity index (χ4n) is 2.09. The number of carbonyl (C=O) groups excluding carboxylic acids is 1. The van der Waals surface area contributed by atoms with Crippen molar-refractivity contribution in [3.63, 3.8) is 0 Å². The van der Waals surface area contributed by atoms with E-state index in [1.54, 1.807) is 6.07 Å². The Hall–Kier alpha value is -1.85. The van der Waals surface area contributed by atoms with Crippen molar-refractivity contribution >= 4 is 40.5 Å². The number of nitrogens with one attached hydrogen (secondary N) is 1. The first kappa shape index (κ1) is 16.5. The van der Waals surface area contributed by atoms with Crippen molar-refractivity contribution < 1.29 is 14.7 Å². The minimum absolute atomic E-state index is 0.00827. The van der Waals surface area contributed by atoms with E-state index in [0.29, 0.717) is 16.1 Å². The lowest BCUT2D eigenvalue weighted by atomic mass is 9.99. The normalized spacial score (nSPS) is 10.8. The molecule has 0 aliphatic rings. The summed E-state index contributed by atoms with van der Waals surface area (Å²) in [4.78, 5) is 24.2. The summed E-state index contributed by atoms with van der Waals surface area (Å²) in [6.45, 7) is 5.69. The fourth-order valence-corrected chi connectivity index (χ4v) is 3.32. The standard InChI is InChI=1S/C16H16ClNO3S/c1-8(2)11-6-10(7-12(13(11)17)16(20)21)18-15(19)14-9(3)4-5-22-14/h4-8H,1-3H3,(H,18,19)(H,20,21). The number of halogens is 1. The van der Waals surface area contributed by atoms with Crippen LogP contribution in [0.15, 0.2) is 23.6 Å². The molecule has 0 aliphatic heterocycles. The van der Waals surface area contributed by atoms with Crippen molar-refractivity contribution in [2.45, 2.75) is 26.7 Å². The Morgan fingerprint density at radius 2 is 2.00 bits per heavy atom. The van der Waals surface area contributed by atoms with Gasteiger partial charge in [-0.2, -0.15) is 0 Å². The summed E-state index contributed by atoms with van der Waals surface area (Å²) in [5.74, 6) is -1.32. The van der Waals surface area contributed by atoms with Gasteiger partial charge in [0.2, 0.25) is 0 Å². The smallest absolute Gasteiger partial charge is 0.337 e. The minimum Gasteiger partial charge on any atom is -0.478 e. The third-order valence-corrected chi connectivity index (χ3v) is 4.72. The van der Waals surface area contributed by atoms with Gasteiger partial charge in [0, 0.05) is 5.69 Å². The highest BCUT2D eigenvalue weighted by atomic mass is 35.5. The Morgan fingerprint density at radius 1 is 1.32 bits per heavy atom. The number of benzene rings is 1. The number of thiophene rings is 1. The highest BCUT2D eigenvalue weighted by molar-refractivity contribution is 7.12. The molecule has 116 valence electrons. The molecule has 4 nitrogen and oxygen atoms in total. The lowest BCUT2D eigenvalue weighted by Crippen LogP contribution is -2.13. The SMILES string of the molecule is Cc1ccsc1C(=O)Nc1cc(C(=O)O)c(Cl)c(C(C)C)c1. The Morgan fingerprint density at radius 3 is 2.50 bits per heavy atom. The first-order chi connectivity index (χ1) is 10.3. The molecule has 0 saturated carbocycles. The van der Waals surface area contributed by atoms with Crippen LogP contribution in [0.25, 0.3) is 0 Å². The zero-order chi connectivity index (χ0) is 16.4. The number of aryl methyl sites for hydroxylation is 1. The Kier molecular flexibility index (Phi) is 4.88.